The first-order valence-corrected chi connectivity index (χ1v) is 5.14. The van der Waals surface area contributed by atoms with Gasteiger partial charge >= 0.3 is 12.4 Å². The Bertz CT molecular complexity index is 621. The maximum atomic E-state index is 12.8. The van der Waals surface area contributed by atoms with E-state index >= 15 is 0 Å². The minimum Gasteiger partial charge on any atom is -0.166 e. The minimum atomic E-state index is -5.11. The van der Waals surface area contributed by atoms with Gasteiger partial charge < -0.3 is 0 Å². The van der Waals surface area contributed by atoms with E-state index in [4.69, 9.17) is 0 Å². The quantitative estimate of drug-likeness (QED) is 0.590. The highest BCUT2D eigenvalue weighted by Crippen LogP contribution is 2.44. The van der Waals surface area contributed by atoms with Crippen LogP contribution >= 0.6 is 0 Å². The van der Waals surface area contributed by atoms with E-state index in [-0.39, 0.29) is 10.8 Å². The summed E-state index contributed by atoms with van der Waals surface area (Å²) in [6, 6.07) is 6.04. The van der Waals surface area contributed by atoms with Crippen molar-refractivity contribution in [1.29, 1.82) is 0 Å². The lowest BCUT2D eigenvalue weighted by Crippen LogP contribution is -2.18. The fourth-order valence-electron chi connectivity index (χ4n) is 1.97. The van der Waals surface area contributed by atoms with Gasteiger partial charge in [-0.1, -0.05) is 24.3 Å². The van der Waals surface area contributed by atoms with Crippen molar-refractivity contribution in [2.24, 2.45) is 0 Å². The van der Waals surface area contributed by atoms with Crippen molar-refractivity contribution in [2.45, 2.75) is 12.4 Å². The van der Waals surface area contributed by atoms with Crippen molar-refractivity contribution in [3.8, 4) is 0 Å². The van der Waals surface area contributed by atoms with Crippen molar-refractivity contribution >= 4 is 10.8 Å². The summed E-state index contributed by atoms with van der Waals surface area (Å²) in [5, 5.41) is 0.135. The predicted molar refractivity (Wildman–Crippen MR) is 58.4 cm³/mol. The summed E-state index contributed by atoms with van der Waals surface area (Å²) >= 11 is 0. The van der Waals surface area contributed by atoms with Gasteiger partial charge in [0.1, 0.15) is 0 Å². The maximum Gasteiger partial charge on any atom is 0.417 e. The number of alkyl halides is 6. The topological polar surface area (TPSA) is 0 Å². The number of fused-ring (bicyclic) bond motifs is 1. The molecule has 0 aromatic heterocycles. The smallest absolute Gasteiger partial charge is 0.166 e. The third-order valence-corrected chi connectivity index (χ3v) is 2.75. The van der Waals surface area contributed by atoms with Gasteiger partial charge in [-0.05, 0) is 29.3 Å². The van der Waals surface area contributed by atoms with Crippen molar-refractivity contribution in [1.82, 2.24) is 0 Å². The zero-order chi connectivity index (χ0) is 14.4. The van der Waals surface area contributed by atoms with E-state index in [9.17, 15) is 26.3 Å². The number of benzene rings is 2. The SMILES string of the molecule is [CH2]c1c(C(F)(F)F)c(C(F)(F)F)cc2ccccc12. The molecule has 2 rings (SSSR count). The largest absolute Gasteiger partial charge is 0.417 e. The van der Waals surface area contributed by atoms with Crippen molar-refractivity contribution < 1.29 is 26.3 Å². The van der Waals surface area contributed by atoms with E-state index in [1.165, 1.54) is 24.3 Å². The van der Waals surface area contributed by atoms with E-state index in [0.717, 1.165) is 0 Å². The molecule has 0 atom stereocenters. The van der Waals surface area contributed by atoms with Gasteiger partial charge in [-0.25, -0.2) is 0 Å². The number of rotatable bonds is 0. The maximum absolute atomic E-state index is 12.8. The van der Waals surface area contributed by atoms with Crippen LogP contribution in [0, 0.1) is 6.92 Å². The van der Waals surface area contributed by atoms with Crippen LogP contribution in [-0.2, 0) is 12.4 Å². The lowest BCUT2D eigenvalue weighted by molar-refractivity contribution is -0.162. The molecule has 0 N–H and O–H groups in total. The molecule has 2 aromatic rings. The van der Waals surface area contributed by atoms with Gasteiger partial charge in [-0.3, -0.25) is 0 Å². The van der Waals surface area contributed by atoms with Crippen molar-refractivity contribution in [2.75, 3.05) is 0 Å². The summed E-state index contributed by atoms with van der Waals surface area (Å²) in [5.41, 5.74) is -4.08. The summed E-state index contributed by atoms with van der Waals surface area (Å²) in [6.45, 7) is 3.17. The Morgan fingerprint density at radius 3 is 1.95 bits per heavy atom. The van der Waals surface area contributed by atoms with Gasteiger partial charge in [0.05, 0.1) is 11.1 Å². The van der Waals surface area contributed by atoms with E-state index in [2.05, 4.69) is 6.92 Å². The highest BCUT2D eigenvalue weighted by molar-refractivity contribution is 5.88. The molecule has 0 aliphatic heterocycles. The summed E-state index contributed by atoms with van der Waals surface area (Å²) in [5.74, 6) is 0. The third-order valence-electron chi connectivity index (χ3n) is 2.75. The molecule has 0 fully saturated rings. The zero-order valence-corrected chi connectivity index (χ0v) is 9.36. The van der Waals surface area contributed by atoms with Gasteiger partial charge in [0, 0.05) is 0 Å². The van der Waals surface area contributed by atoms with Gasteiger partial charge in [0.25, 0.3) is 0 Å². The second-order valence-electron chi connectivity index (χ2n) is 3.99. The van der Waals surface area contributed by atoms with Gasteiger partial charge in [-0.2, -0.15) is 26.3 Å². The van der Waals surface area contributed by atoms with E-state index in [1.807, 2.05) is 0 Å². The highest BCUT2D eigenvalue weighted by atomic mass is 19.4. The highest BCUT2D eigenvalue weighted by Gasteiger charge is 2.44. The molecule has 101 valence electrons. The van der Waals surface area contributed by atoms with Crippen molar-refractivity contribution in [3.63, 3.8) is 0 Å². The Labute approximate surface area is 104 Å². The molecule has 1 radical (unpaired) electrons. The molecule has 19 heavy (non-hydrogen) atoms. The third kappa shape index (κ3) is 2.39. The molecule has 0 unspecified atom stereocenters. The van der Waals surface area contributed by atoms with Crippen LogP contribution < -0.4 is 0 Å². The van der Waals surface area contributed by atoms with Crippen LogP contribution in [0.15, 0.2) is 30.3 Å². The summed E-state index contributed by atoms with van der Waals surface area (Å²) in [7, 11) is 0. The predicted octanol–water partition coefficient (Wildman–Crippen LogP) is 5.06. The van der Waals surface area contributed by atoms with Crippen LogP contribution in [0.4, 0.5) is 26.3 Å². The summed E-state index contributed by atoms with van der Waals surface area (Å²) in [4.78, 5) is 0. The molecule has 0 heterocycles. The molecule has 0 saturated carbocycles. The van der Waals surface area contributed by atoms with Gasteiger partial charge in [0.15, 0.2) is 0 Å². The van der Waals surface area contributed by atoms with E-state index in [0.29, 0.717) is 6.07 Å². The normalized spacial score (nSPS) is 13.0. The first-order valence-electron chi connectivity index (χ1n) is 5.14. The second-order valence-corrected chi connectivity index (χ2v) is 3.99. The Balaban J connectivity index is 2.93. The minimum absolute atomic E-state index is 0.0582. The Morgan fingerprint density at radius 2 is 1.42 bits per heavy atom. The van der Waals surface area contributed by atoms with Crippen LogP contribution in [0.1, 0.15) is 16.7 Å². The molecular formula is C13H7F6. The Kier molecular flexibility index (Phi) is 2.99. The fraction of sp³-hybridized carbons (Fsp3) is 0.154. The Hall–Kier alpha value is -1.72. The zero-order valence-electron chi connectivity index (χ0n) is 9.36. The van der Waals surface area contributed by atoms with E-state index in [1.54, 1.807) is 0 Å². The van der Waals surface area contributed by atoms with Crippen LogP contribution in [0.25, 0.3) is 10.8 Å². The molecule has 0 saturated heterocycles. The lowest BCUT2D eigenvalue weighted by Gasteiger charge is -2.19. The number of halogens is 6. The monoisotopic (exact) mass is 277 g/mol. The molecular weight excluding hydrogens is 270 g/mol. The molecule has 0 spiro atoms. The average molecular weight is 277 g/mol. The molecule has 6 heteroatoms. The molecule has 0 aliphatic rings. The number of hydrogen-bond donors (Lipinski definition) is 0. The average Bonchev–Trinajstić information content (AvgIpc) is 2.26. The molecule has 0 bridgehead atoms. The molecule has 0 nitrogen and oxygen atoms in total. The standard InChI is InChI=1S/C13H7F6/c1-7-9-5-3-2-4-8(9)6-10(12(14,15)16)11(7)13(17,18)19/h2-6H,1H2. The number of hydrogen-bond acceptors (Lipinski definition) is 0. The molecule has 0 amide bonds. The van der Waals surface area contributed by atoms with Gasteiger partial charge in [0.2, 0.25) is 0 Å². The van der Waals surface area contributed by atoms with Crippen molar-refractivity contribution in [3.05, 3.63) is 53.9 Å². The second kappa shape index (κ2) is 4.15. The first-order chi connectivity index (χ1) is 8.62. The Morgan fingerprint density at radius 1 is 0.842 bits per heavy atom. The molecule has 0 aliphatic carbocycles. The van der Waals surface area contributed by atoms with Crippen LogP contribution in [0.2, 0.25) is 0 Å². The lowest BCUT2D eigenvalue weighted by atomic mass is 9.94. The summed E-state index contributed by atoms with van der Waals surface area (Å²) < 4.78 is 76.8. The van der Waals surface area contributed by atoms with Crippen LogP contribution in [0.3, 0.4) is 0 Å². The van der Waals surface area contributed by atoms with E-state index < -0.39 is 29.0 Å². The fourth-order valence-corrected chi connectivity index (χ4v) is 1.97. The summed E-state index contributed by atoms with van der Waals surface area (Å²) in [6.07, 6.45) is -10.2. The van der Waals surface area contributed by atoms with Crippen LogP contribution in [0.5, 0.6) is 0 Å². The first kappa shape index (κ1) is 13.7. The van der Waals surface area contributed by atoms with Gasteiger partial charge in [-0.15, -0.1) is 0 Å². The van der Waals surface area contributed by atoms with Crippen LogP contribution in [-0.4, -0.2) is 0 Å². The molecule has 2 aromatic carbocycles.